The fourth-order valence-corrected chi connectivity index (χ4v) is 2.26. The molecule has 1 saturated heterocycles. The Bertz CT molecular complexity index is 349. The minimum absolute atomic E-state index is 0.116. The molecule has 0 aromatic heterocycles. The van der Waals surface area contributed by atoms with Crippen LogP contribution in [0.15, 0.2) is 0 Å². The topological polar surface area (TPSA) is 55.8 Å². The second kappa shape index (κ2) is 8.37. The fraction of sp³-hybridized carbons (Fsp3) is 0.875. The van der Waals surface area contributed by atoms with E-state index in [-0.39, 0.29) is 18.0 Å². The van der Waals surface area contributed by atoms with Crippen molar-refractivity contribution in [2.45, 2.75) is 71.5 Å². The van der Waals surface area contributed by atoms with Gasteiger partial charge in [0.1, 0.15) is 11.4 Å². The van der Waals surface area contributed by atoms with Crippen LogP contribution in [0.5, 0.6) is 0 Å². The molecule has 122 valence electrons. The molecular formula is C16H29NO4. The van der Waals surface area contributed by atoms with Gasteiger partial charge in [0, 0.05) is 19.6 Å². The van der Waals surface area contributed by atoms with E-state index < -0.39 is 5.60 Å². The second-order valence-electron chi connectivity index (χ2n) is 6.72. The van der Waals surface area contributed by atoms with Crippen LogP contribution < -0.4 is 0 Å². The number of hydrogen-bond donors (Lipinski definition) is 0. The van der Waals surface area contributed by atoms with Crippen molar-refractivity contribution in [3.05, 3.63) is 0 Å². The zero-order chi connectivity index (χ0) is 15.9. The number of Topliss-reactive ketones (excluding diaryl/α,β-unsaturated/α-hetero) is 1. The highest BCUT2D eigenvalue weighted by molar-refractivity contribution is 5.75. The van der Waals surface area contributed by atoms with Gasteiger partial charge in [0.2, 0.25) is 0 Å². The van der Waals surface area contributed by atoms with Crippen LogP contribution in [0.1, 0.15) is 59.8 Å². The highest BCUT2D eigenvalue weighted by Gasteiger charge is 2.29. The molecule has 1 atom stereocenters. The van der Waals surface area contributed by atoms with Gasteiger partial charge >= 0.3 is 6.09 Å². The number of hydrogen-bond acceptors (Lipinski definition) is 4. The van der Waals surface area contributed by atoms with E-state index in [0.717, 1.165) is 25.7 Å². The van der Waals surface area contributed by atoms with Gasteiger partial charge in [-0.15, -0.1) is 0 Å². The predicted octanol–water partition coefficient (Wildman–Crippen LogP) is 3.16. The average molecular weight is 299 g/mol. The van der Waals surface area contributed by atoms with Gasteiger partial charge < -0.3 is 19.2 Å². The number of amides is 1. The smallest absolute Gasteiger partial charge is 0.410 e. The number of carbonyl (C=O) groups excluding carboxylic acids is 2. The molecule has 21 heavy (non-hydrogen) atoms. The normalized spacial score (nSPS) is 18.9. The van der Waals surface area contributed by atoms with Crippen LogP contribution in [0.3, 0.4) is 0 Å². The zero-order valence-electron chi connectivity index (χ0n) is 13.8. The Morgan fingerprint density at radius 1 is 1.19 bits per heavy atom. The maximum absolute atomic E-state index is 11.9. The Morgan fingerprint density at radius 3 is 2.52 bits per heavy atom. The lowest BCUT2D eigenvalue weighted by molar-refractivity contribution is -0.117. The SMILES string of the molecule is CC(=O)CCCCCO[C@H]1CCN(C(=O)OC(C)(C)C)C1. The lowest BCUT2D eigenvalue weighted by atomic mass is 10.1. The predicted molar refractivity (Wildman–Crippen MR) is 81.3 cm³/mol. The van der Waals surface area contributed by atoms with Crippen molar-refractivity contribution in [3.8, 4) is 0 Å². The Labute approximate surface area is 128 Å². The molecule has 1 rings (SSSR count). The highest BCUT2D eigenvalue weighted by atomic mass is 16.6. The summed E-state index contributed by atoms with van der Waals surface area (Å²) in [5.74, 6) is 0.250. The van der Waals surface area contributed by atoms with Crippen molar-refractivity contribution in [2.24, 2.45) is 0 Å². The number of carbonyl (C=O) groups is 2. The molecule has 0 N–H and O–H groups in total. The molecule has 0 saturated carbocycles. The number of nitrogens with zero attached hydrogens (tertiary/aromatic N) is 1. The van der Waals surface area contributed by atoms with Gasteiger partial charge in [-0.05, 0) is 47.0 Å². The Morgan fingerprint density at radius 2 is 1.90 bits per heavy atom. The maximum atomic E-state index is 11.9. The largest absolute Gasteiger partial charge is 0.444 e. The van der Waals surface area contributed by atoms with E-state index in [1.54, 1.807) is 11.8 Å². The number of rotatable bonds is 7. The molecule has 1 heterocycles. The number of likely N-dealkylation sites (tertiary alicyclic amines) is 1. The van der Waals surface area contributed by atoms with Crippen molar-refractivity contribution in [1.29, 1.82) is 0 Å². The molecule has 1 fully saturated rings. The molecule has 0 aliphatic carbocycles. The maximum Gasteiger partial charge on any atom is 0.410 e. The van der Waals surface area contributed by atoms with Gasteiger partial charge in [0.05, 0.1) is 12.6 Å². The first-order valence-electron chi connectivity index (χ1n) is 7.87. The minimum atomic E-state index is -0.452. The van der Waals surface area contributed by atoms with Crippen LogP contribution >= 0.6 is 0 Å². The quantitative estimate of drug-likeness (QED) is 0.678. The van der Waals surface area contributed by atoms with Crippen LogP contribution in [0.25, 0.3) is 0 Å². The molecule has 0 spiro atoms. The number of ether oxygens (including phenoxy) is 2. The van der Waals surface area contributed by atoms with Gasteiger partial charge in [-0.25, -0.2) is 4.79 Å². The molecule has 0 bridgehead atoms. The average Bonchev–Trinajstić information content (AvgIpc) is 2.80. The summed E-state index contributed by atoms with van der Waals surface area (Å²) < 4.78 is 11.1. The number of ketones is 1. The van der Waals surface area contributed by atoms with Crippen molar-refractivity contribution < 1.29 is 19.1 Å². The van der Waals surface area contributed by atoms with E-state index in [1.165, 1.54) is 0 Å². The van der Waals surface area contributed by atoms with E-state index in [1.807, 2.05) is 20.8 Å². The Balaban J connectivity index is 2.11. The molecule has 5 heteroatoms. The molecule has 5 nitrogen and oxygen atoms in total. The third-order valence-electron chi connectivity index (χ3n) is 3.32. The minimum Gasteiger partial charge on any atom is -0.444 e. The molecule has 0 aromatic rings. The van der Waals surface area contributed by atoms with Gasteiger partial charge in [-0.2, -0.15) is 0 Å². The number of unbranched alkanes of at least 4 members (excludes halogenated alkanes) is 2. The van der Waals surface area contributed by atoms with Gasteiger partial charge in [-0.3, -0.25) is 0 Å². The molecule has 0 radical (unpaired) electrons. The third-order valence-corrected chi connectivity index (χ3v) is 3.32. The van der Waals surface area contributed by atoms with E-state index in [0.29, 0.717) is 26.1 Å². The van der Waals surface area contributed by atoms with E-state index in [9.17, 15) is 9.59 Å². The lowest BCUT2D eigenvalue weighted by Gasteiger charge is -2.24. The zero-order valence-corrected chi connectivity index (χ0v) is 13.8. The van der Waals surface area contributed by atoms with Crippen molar-refractivity contribution in [2.75, 3.05) is 19.7 Å². The van der Waals surface area contributed by atoms with Crippen LogP contribution in [0, 0.1) is 0 Å². The summed E-state index contributed by atoms with van der Waals surface area (Å²) in [5, 5.41) is 0. The summed E-state index contributed by atoms with van der Waals surface area (Å²) in [6, 6.07) is 0. The Kier molecular flexibility index (Phi) is 7.15. The highest BCUT2D eigenvalue weighted by Crippen LogP contribution is 2.17. The molecule has 0 unspecified atom stereocenters. The first-order chi connectivity index (χ1) is 9.78. The van der Waals surface area contributed by atoms with E-state index in [2.05, 4.69) is 0 Å². The van der Waals surface area contributed by atoms with Gasteiger partial charge in [0.15, 0.2) is 0 Å². The summed E-state index contributed by atoms with van der Waals surface area (Å²) >= 11 is 0. The summed E-state index contributed by atoms with van der Waals surface area (Å²) in [5.41, 5.74) is -0.452. The summed E-state index contributed by atoms with van der Waals surface area (Å²) in [6.45, 7) is 9.25. The monoisotopic (exact) mass is 299 g/mol. The lowest BCUT2D eigenvalue weighted by Crippen LogP contribution is -2.36. The van der Waals surface area contributed by atoms with Crippen LogP contribution in [0.4, 0.5) is 4.79 Å². The molecule has 0 aromatic carbocycles. The van der Waals surface area contributed by atoms with Crippen LogP contribution in [0.2, 0.25) is 0 Å². The first-order valence-corrected chi connectivity index (χ1v) is 7.87. The summed E-state index contributed by atoms with van der Waals surface area (Å²) in [6.07, 6.45) is 4.31. The Hall–Kier alpha value is -1.10. The van der Waals surface area contributed by atoms with Crippen molar-refractivity contribution >= 4 is 11.9 Å². The fourth-order valence-electron chi connectivity index (χ4n) is 2.26. The molecule has 1 aliphatic heterocycles. The third kappa shape index (κ3) is 8.05. The summed E-state index contributed by atoms with van der Waals surface area (Å²) in [4.78, 5) is 24.4. The van der Waals surface area contributed by atoms with E-state index in [4.69, 9.17) is 9.47 Å². The molecular weight excluding hydrogens is 270 g/mol. The van der Waals surface area contributed by atoms with Gasteiger partial charge in [0.25, 0.3) is 0 Å². The standard InChI is InChI=1S/C16H29NO4/c1-13(18)8-6-5-7-11-20-14-9-10-17(12-14)15(19)21-16(2,3)4/h14H,5-12H2,1-4H3/t14-/m0/s1. The van der Waals surface area contributed by atoms with Crippen molar-refractivity contribution in [3.63, 3.8) is 0 Å². The first kappa shape index (κ1) is 18.0. The van der Waals surface area contributed by atoms with Crippen molar-refractivity contribution in [1.82, 2.24) is 4.90 Å². The van der Waals surface area contributed by atoms with Crippen LogP contribution in [-0.2, 0) is 14.3 Å². The van der Waals surface area contributed by atoms with E-state index >= 15 is 0 Å². The van der Waals surface area contributed by atoms with Crippen LogP contribution in [-0.4, -0.2) is 48.2 Å². The second-order valence-corrected chi connectivity index (χ2v) is 6.72. The van der Waals surface area contributed by atoms with Gasteiger partial charge in [-0.1, -0.05) is 6.42 Å². The summed E-state index contributed by atoms with van der Waals surface area (Å²) in [7, 11) is 0. The molecule has 1 aliphatic rings. The molecule has 1 amide bonds.